The van der Waals surface area contributed by atoms with Crippen LogP contribution in [0.3, 0.4) is 0 Å². The highest BCUT2D eigenvalue weighted by molar-refractivity contribution is 7.71. The van der Waals surface area contributed by atoms with Crippen molar-refractivity contribution < 1.29 is 0 Å². The molecule has 2 atom stereocenters. The maximum atomic E-state index is 12.3. The van der Waals surface area contributed by atoms with Crippen LogP contribution in [-0.4, -0.2) is 26.8 Å². The van der Waals surface area contributed by atoms with Gasteiger partial charge in [-0.1, -0.05) is 36.3 Å². The average Bonchev–Trinajstić information content (AvgIpc) is 2.46. The molecule has 5 nitrogen and oxygen atoms in total. The summed E-state index contributed by atoms with van der Waals surface area (Å²) in [6.07, 6.45) is 7.56. The Morgan fingerprint density at radius 2 is 2.13 bits per heavy atom. The van der Waals surface area contributed by atoms with Crippen LogP contribution in [-0.2, 0) is 0 Å². The molecule has 0 saturated heterocycles. The fourth-order valence-electron chi connectivity index (χ4n) is 3.51. The molecule has 1 aromatic heterocycles. The smallest absolute Gasteiger partial charge is 0.278 e. The number of aromatic nitrogens is 3. The first kappa shape index (κ1) is 16.1. The Bertz CT molecular complexity index is 841. The van der Waals surface area contributed by atoms with E-state index in [0.717, 1.165) is 12.0 Å². The molecule has 0 spiro atoms. The normalized spacial score (nSPS) is 26.0. The zero-order valence-electron chi connectivity index (χ0n) is 13.9. The largest absolute Gasteiger partial charge is 0.301 e. The lowest BCUT2D eigenvalue weighted by atomic mass is 9.74. The molecule has 3 N–H and O–H groups in total. The number of hydrogen-bond donors (Lipinski definition) is 3. The molecule has 0 bridgehead atoms. The van der Waals surface area contributed by atoms with E-state index >= 15 is 0 Å². The SMILES string of the molecule is CCC1=CC2C(C)=CC(C)(C)NC2C(c2n[nH]c(=S)[nH]c2=O)=C1. The Balaban J connectivity index is 2.17. The standard InChI is InChI=1S/C17H22N4OS/c1-5-10-6-11-9(2)8-17(3,4)19-13(11)12(7-10)14-15(22)18-16(23)21-20-14/h6-8,11,13,19H,5H2,1-4H3,(H2,18,21,22,23). The van der Waals surface area contributed by atoms with E-state index in [1.807, 2.05) is 0 Å². The van der Waals surface area contributed by atoms with Crippen LogP contribution in [0.2, 0.25) is 0 Å². The van der Waals surface area contributed by atoms with Crippen LogP contribution in [0.1, 0.15) is 39.8 Å². The minimum Gasteiger partial charge on any atom is -0.301 e. The molecule has 1 aliphatic carbocycles. The van der Waals surface area contributed by atoms with Gasteiger partial charge in [0.05, 0.1) is 0 Å². The van der Waals surface area contributed by atoms with E-state index in [1.54, 1.807) is 0 Å². The number of nitrogens with zero attached hydrogens (tertiary/aromatic N) is 1. The van der Waals surface area contributed by atoms with Crippen LogP contribution < -0.4 is 10.9 Å². The highest BCUT2D eigenvalue weighted by Gasteiger charge is 2.37. The number of H-pyrrole nitrogens is 2. The zero-order valence-corrected chi connectivity index (χ0v) is 14.7. The molecular weight excluding hydrogens is 308 g/mol. The summed E-state index contributed by atoms with van der Waals surface area (Å²) in [5, 5.41) is 10.5. The zero-order chi connectivity index (χ0) is 16.8. The number of hydrogen-bond acceptors (Lipinski definition) is 4. The fraction of sp³-hybridized carbons (Fsp3) is 0.471. The van der Waals surface area contributed by atoms with Gasteiger partial charge in [0.2, 0.25) is 0 Å². The summed E-state index contributed by atoms with van der Waals surface area (Å²) in [5.74, 6) is 0.238. The van der Waals surface area contributed by atoms with Crippen molar-refractivity contribution in [3.05, 3.63) is 50.2 Å². The summed E-state index contributed by atoms with van der Waals surface area (Å²) in [6.45, 7) is 8.55. The van der Waals surface area contributed by atoms with Crippen molar-refractivity contribution in [2.75, 3.05) is 0 Å². The lowest BCUT2D eigenvalue weighted by molar-refractivity contribution is 0.371. The molecule has 0 aromatic carbocycles. The molecule has 3 rings (SSSR count). The van der Waals surface area contributed by atoms with Gasteiger partial charge in [-0.2, -0.15) is 5.10 Å². The molecular formula is C17H22N4OS. The van der Waals surface area contributed by atoms with Crippen molar-refractivity contribution in [3.63, 3.8) is 0 Å². The van der Waals surface area contributed by atoms with E-state index in [2.05, 4.69) is 66.4 Å². The van der Waals surface area contributed by atoms with E-state index in [-0.39, 0.29) is 27.8 Å². The van der Waals surface area contributed by atoms with Gasteiger partial charge < -0.3 is 5.32 Å². The summed E-state index contributed by atoms with van der Waals surface area (Å²) in [6, 6.07) is 0.0308. The molecule has 1 aliphatic heterocycles. The molecule has 2 aliphatic rings. The molecule has 0 radical (unpaired) electrons. The Morgan fingerprint density at radius 1 is 1.39 bits per heavy atom. The first-order valence-electron chi connectivity index (χ1n) is 7.89. The van der Waals surface area contributed by atoms with Gasteiger partial charge in [-0.3, -0.25) is 14.9 Å². The van der Waals surface area contributed by atoms with Gasteiger partial charge in [0.25, 0.3) is 5.56 Å². The topological polar surface area (TPSA) is 73.6 Å². The Morgan fingerprint density at radius 3 is 2.78 bits per heavy atom. The fourth-order valence-corrected chi connectivity index (χ4v) is 3.64. The van der Waals surface area contributed by atoms with Gasteiger partial charge in [-0.05, 0) is 39.4 Å². The van der Waals surface area contributed by atoms with Gasteiger partial charge in [0, 0.05) is 23.1 Å². The summed E-state index contributed by atoms with van der Waals surface area (Å²) in [7, 11) is 0. The van der Waals surface area contributed by atoms with Gasteiger partial charge in [0.15, 0.2) is 10.5 Å². The van der Waals surface area contributed by atoms with Crippen LogP contribution >= 0.6 is 12.2 Å². The maximum absolute atomic E-state index is 12.3. The van der Waals surface area contributed by atoms with Crippen molar-refractivity contribution >= 4 is 17.8 Å². The third-order valence-corrected chi connectivity index (χ3v) is 4.66. The molecule has 2 unspecified atom stereocenters. The lowest BCUT2D eigenvalue weighted by Gasteiger charge is -2.42. The number of aromatic amines is 2. The Hall–Kier alpha value is -1.79. The number of nitrogens with one attached hydrogen (secondary N) is 3. The second-order valence-corrected chi connectivity index (χ2v) is 7.22. The van der Waals surface area contributed by atoms with Gasteiger partial charge in [0.1, 0.15) is 0 Å². The predicted octanol–water partition coefficient (Wildman–Crippen LogP) is 2.87. The van der Waals surface area contributed by atoms with E-state index in [9.17, 15) is 4.79 Å². The van der Waals surface area contributed by atoms with E-state index < -0.39 is 0 Å². The average molecular weight is 330 g/mol. The van der Waals surface area contributed by atoms with E-state index in [4.69, 9.17) is 12.2 Å². The van der Waals surface area contributed by atoms with E-state index in [1.165, 1.54) is 11.1 Å². The first-order valence-corrected chi connectivity index (χ1v) is 8.30. The summed E-state index contributed by atoms with van der Waals surface area (Å²) < 4.78 is 0.242. The highest BCUT2D eigenvalue weighted by Crippen LogP contribution is 2.38. The van der Waals surface area contributed by atoms with E-state index in [0.29, 0.717) is 5.69 Å². The summed E-state index contributed by atoms with van der Waals surface area (Å²) >= 11 is 4.95. The monoisotopic (exact) mass is 330 g/mol. The predicted molar refractivity (Wildman–Crippen MR) is 94.6 cm³/mol. The van der Waals surface area contributed by atoms with Gasteiger partial charge in [-0.25, -0.2) is 0 Å². The van der Waals surface area contributed by atoms with Crippen LogP contribution in [0.4, 0.5) is 0 Å². The first-order chi connectivity index (χ1) is 10.8. The third kappa shape index (κ3) is 3.01. The molecule has 6 heteroatoms. The molecule has 2 heterocycles. The number of fused-ring (bicyclic) bond motifs is 1. The quantitative estimate of drug-likeness (QED) is 0.576. The number of rotatable bonds is 2. The molecule has 122 valence electrons. The van der Waals surface area contributed by atoms with Crippen molar-refractivity contribution in [2.45, 2.75) is 45.7 Å². The van der Waals surface area contributed by atoms with Crippen molar-refractivity contribution in [3.8, 4) is 0 Å². The Labute approximate surface area is 140 Å². The highest BCUT2D eigenvalue weighted by atomic mass is 32.1. The summed E-state index contributed by atoms with van der Waals surface area (Å²) in [4.78, 5) is 15.0. The van der Waals surface area contributed by atoms with Crippen LogP contribution in [0.15, 0.2) is 34.2 Å². The van der Waals surface area contributed by atoms with Gasteiger partial charge in [-0.15, -0.1) is 0 Å². The van der Waals surface area contributed by atoms with Gasteiger partial charge >= 0.3 is 0 Å². The lowest BCUT2D eigenvalue weighted by Crippen LogP contribution is -2.53. The Kier molecular flexibility index (Phi) is 3.98. The molecule has 0 amide bonds. The minimum atomic E-state index is -0.247. The van der Waals surface area contributed by atoms with Crippen LogP contribution in [0.25, 0.3) is 5.57 Å². The summed E-state index contributed by atoms with van der Waals surface area (Å²) in [5.41, 5.74) is 3.49. The minimum absolute atomic E-state index is 0.0308. The maximum Gasteiger partial charge on any atom is 0.278 e. The number of allylic oxidation sites excluding steroid dienone is 2. The van der Waals surface area contributed by atoms with Crippen molar-refractivity contribution in [1.29, 1.82) is 0 Å². The van der Waals surface area contributed by atoms with Crippen molar-refractivity contribution in [2.24, 2.45) is 5.92 Å². The second kappa shape index (κ2) is 5.69. The molecule has 0 fully saturated rings. The third-order valence-electron chi connectivity index (χ3n) is 4.46. The van der Waals surface area contributed by atoms with Crippen molar-refractivity contribution in [1.82, 2.24) is 20.5 Å². The molecule has 23 heavy (non-hydrogen) atoms. The van der Waals surface area contributed by atoms with Crippen LogP contribution in [0.5, 0.6) is 0 Å². The molecule has 0 saturated carbocycles. The molecule has 1 aromatic rings. The second-order valence-electron chi connectivity index (χ2n) is 6.81. The van der Waals surface area contributed by atoms with Crippen LogP contribution in [0, 0.1) is 10.7 Å².